The van der Waals surface area contributed by atoms with Crippen LogP contribution in [0, 0.1) is 22.7 Å². The Bertz CT molecular complexity index is 1580. The second-order valence-electron chi connectivity index (χ2n) is 11.3. The number of hydrogen-bond donors (Lipinski definition) is 2. The quantitative estimate of drug-likeness (QED) is 0.0454. The van der Waals surface area contributed by atoms with Crippen molar-refractivity contribution in [2.24, 2.45) is 10.2 Å². The number of benzene rings is 3. The van der Waals surface area contributed by atoms with Crippen LogP contribution < -0.4 is 14.4 Å². The Morgan fingerprint density at radius 3 is 1.65 bits per heavy atom. The van der Waals surface area contributed by atoms with Crippen molar-refractivity contribution in [2.75, 3.05) is 24.6 Å². The topological polar surface area (TPSA) is 186 Å². The molecule has 0 aliphatic carbocycles. The summed E-state index contributed by atoms with van der Waals surface area (Å²) in [7, 11) is 0. The summed E-state index contributed by atoms with van der Waals surface area (Å²) in [5.74, 6) is -2.44. The lowest BCUT2D eigenvalue weighted by atomic mass is 10.1. The van der Waals surface area contributed by atoms with Gasteiger partial charge in [0, 0.05) is 25.2 Å². The third kappa shape index (κ3) is 14.3. The first-order valence-corrected chi connectivity index (χ1v) is 16.3. The van der Waals surface area contributed by atoms with Crippen LogP contribution in [-0.4, -0.2) is 47.8 Å². The lowest BCUT2D eigenvalue weighted by molar-refractivity contribution is -0.134. The number of nitriles is 2. The van der Waals surface area contributed by atoms with Gasteiger partial charge < -0.3 is 24.6 Å². The number of nitrogens with zero attached hydrogens (tertiary/aromatic N) is 5. The maximum atomic E-state index is 12.1. The van der Waals surface area contributed by atoms with E-state index in [2.05, 4.69) is 22.4 Å². The number of anilines is 1. The summed E-state index contributed by atoms with van der Waals surface area (Å²) >= 11 is 0. The van der Waals surface area contributed by atoms with E-state index in [9.17, 15) is 14.4 Å². The molecule has 0 spiro atoms. The molecule has 0 bridgehead atoms. The van der Waals surface area contributed by atoms with E-state index >= 15 is 0 Å². The zero-order chi connectivity index (χ0) is 35.3. The van der Waals surface area contributed by atoms with Gasteiger partial charge in [-0.1, -0.05) is 38.5 Å². The molecule has 12 heteroatoms. The van der Waals surface area contributed by atoms with Gasteiger partial charge in [-0.15, -0.1) is 0 Å². The summed E-state index contributed by atoms with van der Waals surface area (Å²) in [5.41, 5.74) is 1.83. The number of carbonyl (C=O) groups excluding carboxylic acids is 1. The Kier molecular flexibility index (Phi) is 16.3. The van der Waals surface area contributed by atoms with Gasteiger partial charge >= 0.3 is 17.9 Å². The lowest BCUT2D eigenvalue weighted by Crippen LogP contribution is -2.25. The van der Waals surface area contributed by atoms with Crippen molar-refractivity contribution in [3.8, 4) is 23.6 Å². The summed E-state index contributed by atoms with van der Waals surface area (Å²) in [5, 5.41) is 44.7. The zero-order valence-electron chi connectivity index (χ0n) is 27.4. The number of rotatable bonds is 22. The maximum absolute atomic E-state index is 12.1. The first-order chi connectivity index (χ1) is 23.8. The Hall–Kier alpha value is -5.75. The van der Waals surface area contributed by atoms with Gasteiger partial charge in [0.05, 0.1) is 54.1 Å². The van der Waals surface area contributed by atoms with Crippen molar-refractivity contribution in [2.45, 2.75) is 70.6 Å². The minimum Gasteiger partial charge on any atom is -0.494 e. The van der Waals surface area contributed by atoms with Crippen molar-refractivity contribution < 1.29 is 34.1 Å². The van der Waals surface area contributed by atoms with Crippen molar-refractivity contribution in [3.63, 3.8) is 0 Å². The smallest absolute Gasteiger partial charge is 0.335 e. The molecule has 0 amide bonds. The Morgan fingerprint density at radius 1 is 0.653 bits per heavy atom. The van der Waals surface area contributed by atoms with Gasteiger partial charge in [0.2, 0.25) is 0 Å². The van der Waals surface area contributed by atoms with E-state index in [1.807, 2.05) is 53.4 Å². The van der Waals surface area contributed by atoms with Crippen LogP contribution in [0.4, 0.5) is 17.1 Å². The fourth-order valence-electron chi connectivity index (χ4n) is 4.90. The van der Waals surface area contributed by atoms with Gasteiger partial charge in [0.1, 0.15) is 11.5 Å². The molecule has 49 heavy (non-hydrogen) atoms. The summed E-state index contributed by atoms with van der Waals surface area (Å²) < 4.78 is 11.0. The number of unbranched alkanes of at least 4 members (excludes halogenated alkanes) is 7. The zero-order valence-corrected chi connectivity index (χ0v) is 27.4. The van der Waals surface area contributed by atoms with Crippen LogP contribution in [0.25, 0.3) is 0 Å². The highest BCUT2D eigenvalue weighted by Crippen LogP contribution is 2.25. The number of carbonyl (C=O) groups is 3. The third-order valence-electron chi connectivity index (χ3n) is 7.50. The van der Waals surface area contributed by atoms with E-state index in [4.69, 9.17) is 30.2 Å². The molecule has 12 nitrogen and oxygen atoms in total. The SMILES string of the molecule is N#CCCN(CCC#N)c1ccc(N=Nc2ccc(OCCCCCCCCCCC(=O)Oc3cc(C(=O)O)cc(C(=O)O)c3)cc2)cc1. The summed E-state index contributed by atoms with van der Waals surface area (Å²) in [6, 6.07) is 22.6. The minimum atomic E-state index is -1.30. The molecule has 3 aromatic rings. The normalized spacial score (nSPS) is 10.7. The lowest BCUT2D eigenvalue weighted by Gasteiger charge is -2.22. The van der Waals surface area contributed by atoms with Crippen molar-refractivity contribution in [1.82, 2.24) is 0 Å². The molecule has 0 unspecified atom stereocenters. The molecule has 0 radical (unpaired) electrons. The number of azo groups is 1. The number of hydrogen-bond acceptors (Lipinski definition) is 10. The Morgan fingerprint density at radius 2 is 1.14 bits per heavy atom. The predicted octanol–water partition coefficient (Wildman–Crippen LogP) is 8.63. The molecule has 256 valence electrons. The van der Waals surface area contributed by atoms with E-state index in [0.29, 0.717) is 50.3 Å². The van der Waals surface area contributed by atoms with E-state index in [-0.39, 0.29) is 23.3 Å². The van der Waals surface area contributed by atoms with Crippen molar-refractivity contribution >= 4 is 35.0 Å². The standard InChI is InChI=1S/C37H41N5O7/c38-20-9-22-42(23-10-21-39)32-16-12-30(13-17-32)40-41-31-14-18-33(19-15-31)48-24-8-6-4-2-1-3-5-7-11-35(43)49-34-26-28(36(44)45)25-29(27-34)37(46)47/h12-19,25-27H,1-11,22-24H2,(H,44,45)(H,46,47). The highest BCUT2D eigenvalue weighted by Gasteiger charge is 2.14. The molecule has 0 aromatic heterocycles. The molecule has 3 rings (SSSR count). The molecule has 0 fully saturated rings. The molecule has 0 aliphatic heterocycles. The van der Waals surface area contributed by atoms with Crippen LogP contribution in [0.15, 0.2) is 77.0 Å². The van der Waals surface area contributed by atoms with Gasteiger partial charge in [-0.25, -0.2) is 9.59 Å². The van der Waals surface area contributed by atoms with Crippen LogP contribution in [-0.2, 0) is 4.79 Å². The second kappa shape index (κ2) is 21.2. The molecule has 0 saturated heterocycles. The van der Waals surface area contributed by atoms with E-state index in [1.54, 1.807) is 0 Å². The second-order valence-corrected chi connectivity index (χ2v) is 11.3. The third-order valence-corrected chi connectivity index (χ3v) is 7.50. The number of aromatic carboxylic acids is 2. The molecule has 2 N–H and O–H groups in total. The highest BCUT2D eigenvalue weighted by atomic mass is 16.5. The van der Waals surface area contributed by atoms with Crippen LogP contribution in [0.2, 0.25) is 0 Å². The Labute approximate surface area is 286 Å². The molecule has 0 heterocycles. The summed E-state index contributed by atoms with van der Waals surface area (Å²) in [6.45, 7) is 1.76. The van der Waals surface area contributed by atoms with Crippen LogP contribution in [0.5, 0.6) is 11.5 Å². The molecule has 3 aromatic carbocycles. The molecule has 0 aliphatic rings. The average Bonchev–Trinajstić information content (AvgIpc) is 3.10. The molecule has 0 atom stereocenters. The highest BCUT2D eigenvalue weighted by molar-refractivity contribution is 5.94. The van der Waals surface area contributed by atoms with E-state index < -0.39 is 17.9 Å². The van der Waals surface area contributed by atoms with Gasteiger partial charge in [0.25, 0.3) is 0 Å². The molecule has 0 saturated carbocycles. The van der Waals surface area contributed by atoms with Crippen LogP contribution in [0.1, 0.15) is 91.3 Å². The molecular formula is C37H41N5O7. The average molecular weight is 668 g/mol. The number of ether oxygens (including phenoxy) is 2. The first-order valence-electron chi connectivity index (χ1n) is 16.3. The fraction of sp³-hybridized carbons (Fsp3) is 0.378. The van der Waals surface area contributed by atoms with Crippen LogP contribution in [0.3, 0.4) is 0 Å². The van der Waals surface area contributed by atoms with Gasteiger partial charge in [-0.3, -0.25) is 4.79 Å². The molecular weight excluding hydrogens is 626 g/mol. The summed E-state index contributed by atoms with van der Waals surface area (Å²) in [6.07, 6.45) is 8.68. The minimum absolute atomic E-state index is 0.0868. The largest absolute Gasteiger partial charge is 0.494 e. The van der Waals surface area contributed by atoms with Gasteiger partial charge in [0.15, 0.2) is 0 Å². The van der Waals surface area contributed by atoms with Crippen LogP contribution >= 0.6 is 0 Å². The van der Waals surface area contributed by atoms with Gasteiger partial charge in [-0.05, 0) is 79.6 Å². The van der Waals surface area contributed by atoms with E-state index in [0.717, 1.165) is 74.6 Å². The first kappa shape index (κ1) is 37.7. The number of carboxylic acid groups (broad SMARTS) is 2. The van der Waals surface area contributed by atoms with Crippen molar-refractivity contribution in [3.05, 3.63) is 77.9 Å². The monoisotopic (exact) mass is 667 g/mol. The number of carboxylic acids is 2. The Balaban J connectivity index is 1.24. The maximum Gasteiger partial charge on any atom is 0.335 e. The number of esters is 1. The summed E-state index contributed by atoms with van der Waals surface area (Å²) in [4.78, 5) is 36.6. The van der Waals surface area contributed by atoms with Gasteiger partial charge in [-0.2, -0.15) is 20.8 Å². The predicted molar refractivity (Wildman–Crippen MR) is 183 cm³/mol. The van der Waals surface area contributed by atoms with E-state index in [1.165, 1.54) is 0 Å². The fourth-order valence-corrected chi connectivity index (χ4v) is 4.90. The van der Waals surface area contributed by atoms with Crippen molar-refractivity contribution in [1.29, 1.82) is 10.5 Å².